The predicted molar refractivity (Wildman–Crippen MR) is 88.3 cm³/mol. The molecule has 0 aliphatic rings. The lowest BCUT2D eigenvalue weighted by atomic mass is 10.1. The van der Waals surface area contributed by atoms with E-state index in [0.717, 1.165) is 36.0 Å². The summed E-state index contributed by atoms with van der Waals surface area (Å²) in [5.41, 5.74) is 2.35. The van der Waals surface area contributed by atoms with Gasteiger partial charge in [-0.2, -0.15) is 0 Å². The van der Waals surface area contributed by atoms with Crippen molar-refractivity contribution in [2.24, 2.45) is 4.99 Å². The zero-order valence-corrected chi connectivity index (χ0v) is 13.1. The highest BCUT2D eigenvalue weighted by molar-refractivity contribution is 6.31. The monoisotopic (exact) mass is 308 g/mol. The van der Waals surface area contributed by atoms with Crippen molar-refractivity contribution < 1.29 is 4.74 Å². The van der Waals surface area contributed by atoms with Gasteiger partial charge in [0.15, 0.2) is 5.96 Å². The van der Waals surface area contributed by atoms with E-state index in [4.69, 9.17) is 16.3 Å². The van der Waals surface area contributed by atoms with Gasteiger partial charge in [0, 0.05) is 49.4 Å². The molecule has 3 N–H and O–H groups in total. The summed E-state index contributed by atoms with van der Waals surface area (Å²) in [6.45, 7) is 2.19. The standard InChI is InChI=1S/C15H21ClN4O/c1-17-15(19-7-8-21-2)18-6-5-11-10-20-14-4-3-12(16)9-13(11)14/h3-4,9-10,20H,5-8H2,1-2H3,(H2,17,18,19). The fraction of sp³-hybridized carbons (Fsp3) is 0.400. The molecule has 0 amide bonds. The number of H-pyrrole nitrogens is 1. The maximum absolute atomic E-state index is 6.05. The molecule has 0 saturated heterocycles. The van der Waals surface area contributed by atoms with E-state index in [1.807, 2.05) is 24.4 Å². The van der Waals surface area contributed by atoms with Crippen LogP contribution in [0.15, 0.2) is 29.4 Å². The van der Waals surface area contributed by atoms with Gasteiger partial charge < -0.3 is 20.4 Å². The molecule has 0 bridgehead atoms. The van der Waals surface area contributed by atoms with Crippen molar-refractivity contribution in [2.45, 2.75) is 6.42 Å². The Morgan fingerprint density at radius 3 is 2.90 bits per heavy atom. The number of benzene rings is 1. The second kappa shape index (κ2) is 7.90. The number of nitrogens with zero attached hydrogens (tertiary/aromatic N) is 1. The van der Waals surface area contributed by atoms with Gasteiger partial charge >= 0.3 is 0 Å². The molecular formula is C15H21ClN4O. The third-order valence-electron chi connectivity index (χ3n) is 3.24. The van der Waals surface area contributed by atoms with E-state index < -0.39 is 0 Å². The Balaban J connectivity index is 1.88. The van der Waals surface area contributed by atoms with Gasteiger partial charge in [-0.05, 0) is 30.2 Å². The molecule has 0 aliphatic heterocycles. The lowest BCUT2D eigenvalue weighted by Crippen LogP contribution is -2.39. The van der Waals surface area contributed by atoms with Crippen LogP contribution in [-0.2, 0) is 11.2 Å². The molecule has 1 aromatic carbocycles. The van der Waals surface area contributed by atoms with Crippen LogP contribution in [0.1, 0.15) is 5.56 Å². The average molecular weight is 309 g/mol. The Morgan fingerprint density at radius 1 is 1.33 bits per heavy atom. The largest absolute Gasteiger partial charge is 0.383 e. The summed E-state index contributed by atoms with van der Waals surface area (Å²) in [6, 6.07) is 5.89. The molecule has 0 radical (unpaired) electrons. The minimum absolute atomic E-state index is 0.654. The van der Waals surface area contributed by atoms with Crippen LogP contribution in [-0.4, -0.2) is 44.8 Å². The number of rotatable bonds is 6. The molecule has 0 unspecified atom stereocenters. The lowest BCUT2D eigenvalue weighted by Gasteiger charge is -2.11. The summed E-state index contributed by atoms with van der Waals surface area (Å²) < 4.78 is 5.00. The molecule has 0 aliphatic carbocycles. The highest BCUT2D eigenvalue weighted by Crippen LogP contribution is 2.22. The molecular weight excluding hydrogens is 288 g/mol. The van der Waals surface area contributed by atoms with Crippen LogP contribution in [0.4, 0.5) is 0 Å². The Hall–Kier alpha value is -1.72. The van der Waals surface area contributed by atoms with E-state index in [0.29, 0.717) is 6.61 Å². The maximum Gasteiger partial charge on any atom is 0.191 e. The lowest BCUT2D eigenvalue weighted by molar-refractivity contribution is 0.203. The molecule has 1 aromatic heterocycles. The second-order valence-electron chi connectivity index (χ2n) is 4.67. The van der Waals surface area contributed by atoms with Crippen molar-refractivity contribution in [3.63, 3.8) is 0 Å². The van der Waals surface area contributed by atoms with E-state index in [1.54, 1.807) is 14.2 Å². The Bertz CT molecular complexity index is 609. The van der Waals surface area contributed by atoms with Crippen LogP contribution in [0.5, 0.6) is 0 Å². The number of guanidine groups is 1. The van der Waals surface area contributed by atoms with E-state index in [-0.39, 0.29) is 0 Å². The number of aliphatic imine (C=N–C) groups is 1. The smallest absolute Gasteiger partial charge is 0.191 e. The SMILES string of the molecule is CN=C(NCCOC)NCCc1c[nH]c2ccc(Cl)cc12. The van der Waals surface area contributed by atoms with E-state index in [1.165, 1.54) is 10.9 Å². The summed E-state index contributed by atoms with van der Waals surface area (Å²) in [5, 5.41) is 8.39. The summed E-state index contributed by atoms with van der Waals surface area (Å²) in [6.07, 6.45) is 2.93. The number of halogens is 1. The van der Waals surface area contributed by atoms with Crippen LogP contribution in [0.3, 0.4) is 0 Å². The first-order valence-corrected chi connectivity index (χ1v) is 7.31. The topological polar surface area (TPSA) is 61.4 Å². The second-order valence-corrected chi connectivity index (χ2v) is 5.11. The zero-order chi connectivity index (χ0) is 15.1. The van der Waals surface area contributed by atoms with Gasteiger partial charge in [-0.1, -0.05) is 11.6 Å². The number of fused-ring (bicyclic) bond motifs is 1. The number of methoxy groups -OCH3 is 1. The van der Waals surface area contributed by atoms with Crippen molar-refractivity contribution in [3.05, 3.63) is 35.0 Å². The molecule has 2 aromatic rings. The molecule has 0 saturated carbocycles. The van der Waals surface area contributed by atoms with Crippen molar-refractivity contribution in [1.29, 1.82) is 0 Å². The average Bonchev–Trinajstić information content (AvgIpc) is 2.88. The molecule has 5 nitrogen and oxygen atoms in total. The number of aromatic nitrogens is 1. The zero-order valence-electron chi connectivity index (χ0n) is 12.4. The van der Waals surface area contributed by atoms with Crippen LogP contribution < -0.4 is 10.6 Å². The van der Waals surface area contributed by atoms with Gasteiger partial charge in [0.05, 0.1) is 6.61 Å². The van der Waals surface area contributed by atoms with E-state index in [9.17, 15) is 0 Å². The highest BCUT2D eigenvalue weighted by atomic mass is 35.5. The number of ether oxygens (including phenoxy) is 1. The van der Waals surface area contributed by atoms with Gasteiger partial charge in [-0.15, -0.1) is 0 Å². The fourth-order valence-electron chi connectivity index (χ4n) is 2.17. The third-order valence-corrected chi connectivity index (χ3v) is 3.47. The van der Waals surface area contributed by atoms with Crippen molar-refractivity contribution in [1.82, 2.24) is 15.6 Å². The van der Waals surface area contributed by atoms with Gasteiger partial charge in [-0.3, -0.25) is 4.99 Å². The molecule has 0 fully saturated rings. The normalized spacial score (nSPS) is 11.9. The Morgan fingerprint density at radius 2 is 2.14 bits per heavy atom. The van der Waals surface area contributed by atoms with Crippen LogP contribution in [0.25, 0.3) is 10.9 Å². The summed E-state index contributed by atoms with van der Waals surface area (Å²) >= 11 is 6.05. The fourth-order valence-corrected chi connectivity index (χ4v) is 2.34. The minimum Gasteiger partial charge on any atom is -0.383 e. The molecule has 2 rings (SSSR count). The molecule has 0 atom stereocenters. The molecule has 114 valence electrons. The maximum atomic E-state index is 6.05. The highest BCUT2D eigenvalue weighted by Gasteiger charge is 2.04. The van der Waals surface area contributed by atoms with Gasteiger partial charge in [-0.25, -0.2) is 0 Å². The van der Waals surface area contributed by atoms with E-state index in [2.05, 4.69) is 20.6 Å². The number of hydrogen-bond acceptors (Lipinski definition) is 2. The first-order chi connectivity index (χ1) is 10.2. The van der Waals surface area contributed by atoms with Crippen LogP contribution in [0.2, 0.25) is 5.02 Å². The Kier molecular flexibility index (Phi) is 5.90. The first kappa shape index (κ1) is 15.7. The predicted octanol–water partition coefficient (Wildman–Crippen LogP) is 2.18. The minimum atomic E-state index is 0.654. The summed E-state index contributed by atoms with van der Waals surface area (Å²) in [5.74, 6) is 0.782. The number of hydrogen-bond donors (Lipinski definition) is 3. The molecule has 0 spiro atoms. The van der Waals surface area contributed by atoms with E-state index >= 15 is 0 Å². The first-order valence-electron chi connectivity index (χ1n) is 6.93. The number of nitrogens with one attached hydrogen (secondary N) is 3. The van der Waals surface area contributed by atoms with Crippen LogP contribution >= 0.6 is 11.6 Å². The van der Waals surface area contributed by atoms with Crippen LogP contribution in [0, 0.1) is 0 Å². The summed E-state index contributed by atoms with van der Waals surface area (Å²) in [7, 11) is 3.44. The molecule has 1 heterocycles. The Labute approximate surface area is 129 Å². The van der Waals surface area contributed by atoms with Gasteiger partial charge in [0.2, 0.25) is 0 Å². The number of aromatic amines is 1. The third kappa shape index (κ3) is 4.37. The van der Waals surface area contributed by atoms with Crippen molar-refractivity contribution >= 4 is 28.5 Å². The van der Waals surface area contributed by atoms with Crippen molar-refractivity contribution in [2.75, 3.05) is 33.9 Å². The van der Waals surface area contributed by atoms with Gasteiger partial charge in [0.25, 0.3) is 0 Å². The van der Waals surface area contributed by atoms with Gasteiger partial charge in [0.1, 0.15) is 0 Å². The summed E-state index contributed by atoms with van der Waals surface area (Å²) in [4.78, 5) is 7.43. The quantitative estimate of drug-likeness (QED) is 0.435. The molecule has 21 heavy (non-hydrogen) atoms. The van der Waals surface area contributed by atoms with Crippen molar-refractivity contribution in [3.8, 4) is 0 Å². The molecule has 6 heteroatoms.